The number of hydrogen-bond donors (Lipinski definition) is 4. The van der Waals surface area contributed by atoms with Crippen LogP contribution in [-0.4, -0.2) is 52.8 Å². The Balaban J connectivity index is 2.10. The summed E-state index contributed by atoms with van der Waals surface area (Å²) in [5, 5.41) is 23.7. The standard InChI is InChI=1S/C22H28N6O2/c1-26-12-15(10-23)22-20(11-24)19(9-21(25)27-22)14-6-16(8-18(7-14)30-3)28-5-4-17(13-28)29-2/h6-10,12,17,21,23,26-27H,4-5,13,25H2,1-3H3/b15-12+,23-10?. The van der Waals surface area contributed by atoms with Crippen LogP contribution >= 0.6 is 0 Å². The van der Waals surface area contributed by atoms with Crippen molar-refractivity contribution in [1.29, 1.82) is 10.7 Å². The van der Waals surface area contributed by atoms with E-state index in [2.05, 4.69) is 21.6 Å². The summed E-state index contributed by atoms with van der Waals surface area (Å²) in [6.45, 7) is 1.69. The second kappa shape index (κ2) is 9.48. The van der Waals surface area contributed by atoms with Crippen LogP contribution in [0, 0.1) is 16.7 Å². The molecule has 2 heterocycles. The number of nitrogens with zero attached hydrogens (tertiary/aromatic N) is 2. The maximum atomic E-state index is 9.96. The molecule has 0 bridgehead atoms. The Hall–Kier alpha value is -3.28. The zero-order chi connectivity index (χ0) is 21.7. The molecule has 0 amide bonds. The minimum Gasteiger partial charge on any atom is -0.497 e. The largest absolute Gasteiger partial charge is 0.497 e. The van der Waals surface area contributed by atoms with Crippen molar-refractivity contribution in [1.82, 2.24) is 10.6 Å². The summed E-state index contributed by atoms with van der Waals surface area (Å²) in [5.41, 5.74) is 10.3. The average Bonchev–Trinajstić information content (AvgIpc) is 3.26. The van der Waals surface area contributed by atoms with E-state index in [1.165, 1.54) is 6.21 Å². The number of anilines is 1. The number of nitriles is 1. The van der Waals surface area contributed by atoms with Crippen LogP contribution in [0.2, 0.25) is 0 Å². The Labute approximate surface area is 177 Å². The minimum absolute atomic E-state index is 0.203. The number of benzene rings is 1. The molecule has 2 aliphatic rings. The van der Waals surface area contributed by atoms with E-state index < -0.39 is 6.17 Å². The van der Waals surface area contributed by atoms with Gasteiger partial charge in [0, 0.05) is 62.6 Å². The van der Waals surface area contributed by atoms with E-state index in [4.69, 9.17) is 20.6 Å². The summed E-state index contributed by atoms with van der Waals surface area (Å²) in [6, 6.07) is 8.22. The summed E-state index contributed by atoms with van der Waals surface area (Å²) in [5.74, 6) is 0.702. The van der Waals surface area contributed by atoms with Gasteiger partial charge >= 0.3 is 0 Å². The molecule has 158 valence electrons. The van der Waals surface area contributed by atoms with E-state index in [0.29, 0.717) is 28.2 Å². The lowest BCUT2D eigenvalue weighted by Gasteiger charge is -2.26. The number of methoxy groups -OCH3 is 2. The summed E-state index contributed by atoms with van der Waals surface area (Å²) in [4.78, 5) is 2.25. The van der Waals surface area contributed by atoms with E-state index in [1.54, 1.807) is 27.5 Å². The van der Waals surface area contributed by atoms with E-state index in [-0.39, 0.29) is 6.10 Å². The van der Waals surface area contributed by atoms with Crippen LogP contribution < -0.4 is 26.0 Å². The van der Waals surface area contributed by atoms with Gasteiger partial charge in [-0.05, 0) is 30.2 Å². The monoisotopic (exact) mass is 408 g/mol. The van der Waals surface area contributed by atoms with Gasteiger partial charge in [0.15, 0.2) is 0 Å². The Kier molecular flexibility index (Phi) is 6.77. The van der Waals surface area contributed by atoms with Gasteiger partial charge < -0.3 is 36.2 Å². The molecule has 0 spiro atoms. The summed E-state index contributed by atoms with van der Waals surface area (Å²) in [7, 11) is 5.10. The Bertz CT molecular complexity index is 943. The van der Waals surface area contributed by atoms with Crippen LogP contribution in [-0.2, 0) is 4.74 Å². The van der Waals surface area contributed by atoms with E-state index in [0.717, 1.165) is 30.8 Å². The van der Waals surface area contributed by atoms with Crippen molar-refractivity contribution in [2.75, 3.05) is 39.3 Å². The molecule has 8 heteroatoms. The number of allylic oxidation sites excluding steroid dienone is 3. The molecule has 2 atom stereocenters. The van der Waals surface area contributed by atoms with Crippen molar-refractivity contribution in [3.63, 3.8) is 0 Å². The number of nitrogens with one attached hydrogen (secondary N) is 3. The number of nitrogens with two attached hydrogens (primary N) is 1. The van der Waals surface area contributed by atoms with Gasteiger partial charge in [0.1, 0.15) is 11.8 Å². The smallest absolute Gasteiger partial charge is 0.121 e. The van der Waals surface area contributed by atoms with E-state index >= 15 is 0 Å². The lowest BCUT2D eigenvalue weighted by molar-refractivity contribution is 0.121. The molecule has 2 aliphatic heterocycles. The van der Waals surface area contributed by atoms with Crippen molar-refractivity contribution in [3.05, 3.63) is 52.9 Å². The molecule has 30 heavy (non-hydrogen) atoms. The SMILES string of the molecule is CN/C=C(\C=N)C1=C(C#N)C(c2cc(OC)cc(N3CCC(OC)C3)c2)=CC(N)N1. The van der Waals surface area contributed by atoms with Gasteiger partial charge in [0.05, 0.1) is 30.6 Å². The molecule has 5 N–H and O–H groups in total. The third-order valence-electron chi connectivity index (χ3n) is 5.31. The maximum Gasteiger partial charge on any atom is 0.121 e. The fourth-order valence-electron chi connectivity index (χ4n) is 3.80. The molecule has 2 unspecified atom stereocenters. The first kappa shape index (κ1) is 21.4. The van der Waals surface area contributed by atoms with Gasteiger partial charge in [-0.3, -0.25) is 0 Å². The van der Waals surface area contributed by atoms with Crippen LogP contribution in [0.1, 0.15) is 12.0 Å². The summed E-state index contributed by atoms with van der Waals surface area (Å²) >= 11 is 0. The Morgan fingerprint density at radius 2 is 2.20 bits per heavy atom. The van der Waals surface area contributed by atoms with Crippen LogP contribution in [0.4, 0.5) is 5.69 Å². The molecule has 0 saturated carbocycles. The highest BCUT2D eigenvalue weighted by molar-refractivity contribution is 5.92. The predicted octanol–water partition coefficient (Wildman–Crippen LogP) is 1.72. The van der Waals surface area contributed by atoms with Crippen molar-refractivity contribution in [2.45, 2.75) is 18.7 Å². The molecule has 3 rings (SSSR count). The highest BCUT2D eigenvalue weighted by atomic mass is 16.5. The van der Waals surface area contributed by atoms with Crippen molar-refractivity contribution < 1.29 is 9.47 Å². The number of dihydropyridines is 1. The summed E-state index contributed by atoms with van der Waals surface area (Å²) < 4.78 is 11.0. The molecule has 0 aliphatic carbocycles. The highest BCUT2D eigenvalue weighted by Gasteiger charge is 2.26. The Morgan fingerprint density at radius 1 is 1.40 bits per heavy atom. The maximum absolute atomic E-state index is 9.96. The van der Waals surface area contributed by atoms with Crippen LogP contribution in [0.5, 0.6) is 5.75 Å². The molecule has 1 saturated heterocycles. The zero-order valence-corrected chi connectivity index (χ0v) is 17.5. The van der Waals surface area contributed by atoms with Gasteiger partial charge in [0.2, 0.25) is 0 Å². The lowest BCUT2D eigenvalue weighted by atomic mass is 9.91. The first-order valence-corrected chi connectivity index (χ1v) is 9.78. The molecule has 8 nitrogen and oxygen atoms in total. The average molecular weight is 409 g/mol. The molecule has 1 fully saturated rings. The summed E-state index contributed by atoms with van der Waals surface area (Å²) in [6.07, 6.45) is 5.35. The first-order valence-electron chi connectivity index (χ1n) is 9.78. The van der Waals surface area contributed by atoms with Gasteiger partial charge in [0.25, 0.3) is 0 Å². The second-order valence-corrected chi connectivity index (χ2v) is 7.16. The fourth-order valence-corrected chi connectivity index (χ4v) is 3.80. The number of rotatable bonds is 7. The molecule has 1 aromatic carbocycles. The van der Waals surface area contributed by atoms with Crippen LogP contribution in [0.25, 0.3) is 5.57 Å². The predicted molar refractivity (Wildman–Crippen MR) is 118 cm³/mol. The normalized spacial score (nSPS) is 21.6. The first-order chi connectivity index (χ1) is 14.5. The van der Waals surface area contributed by atoms with Gasteiger partial charge in [-0.2, -0.15) is 5.26 Å². The third-order valence-corrected chi connectivity index (χ3v) is 5.31. The van der Waals surface area contributed by atoms with Gasteiger partial charge in [-0.1, -0.05) is 0 Å². The van der Waals surface area contributed by atoms with Crippen molar-refractivity contribution >= 4 is 17.5 Å². The van der Waals surface area contributed by atoms with E-state index in [1.807, 2.05) is 24.3 Å². The Morgan fingerprint density at radius 3 is 2.80 bits per heavy atom. The lowest BCUT2D eigenvalue weighted by Crippen LogP contribution is -2.39. The van der Waals surface area contributed by atoms with Crippen molar-refractivity contribution in [3.8, 4) is 11.8 Å². The van der Waals surface area contributed by atoms with Gasteiger partial charge in [-0.25, -0.2) is 0 Å². The minimum atomic E-state index is -0.494. The number of hydrogen-bond acceptors (Lipinski definition) is 8. The molecule has 1 aromatic rings. The second-order valence-electron chi connectivity index (χ2n) is 7.16. The molecule has 0 aromatic heterocycles. The van der Waals surface area contributed by atoms with Crippen molar-refractivity contribution in [2.24, 2.45) is 5.73 Å². The highest BCUT2D eigenvalue weighted by Crippen LogP contribution is 2.35. The van der Waals surface area contributed by atoms with E-state index in [9.17, 15) is 5.26 Å². The van der Waals surface area contributed by atoms with Crippen LogP contribution in [0.3, 0.4) is 0 Å². The molecule has 0 radical (unpaired) electrons. The fraction of sp³-hybridized carbons (Fsp3) is 0.364. The third kappa shape index (κ3) is 4.32. The number of ether oxygens (including phenoxy) is 2. The quantitative estimate of drug-likeness (QED) is 0.507. The zero-order valence-electron chi connectivity index (χ0n) is 17.5. The molecular weight excluding hydrogens is 380 g/mol. The van der Waals surface area contributed by atoms with Crippen LogP contribution in [0.15, 0.2) is 47.3 Å². The topological polar surface area (TPSA) is 119 Å². The van der Waals surface area contributed by atoms with Gasteiger partial charge in [-0.15, -0.1) is 0 Å². The molecular formula is C22H28N6O2.